The number of rotatable bonds is 6. The lowest BCUT2D eigenvalue weighted by atomic mass is 10.2. The Balaban J connectivity index is 1.44. The van der Waals surface area contributed by atoms with Gasteiger partial charge in [-0.05, 0) is 61.4 Å². The molecule has 1 N–H and O–H groups in total. The van der Waals surface area contributed by atoms with E-state index in [-0.39, 0.29) is 16.5 Å². The minimum absolute atomic E-state index is 0.138. The lowest BCUT2D eigenvalue weighted by Gasteiger charge is -2.20. The van der Waals surface area contributed by atoms with Crippen molar-refractivity contribution in [1.82, 2.24) is 14.3 Å². The molecular formula is C23H24N4O4S. The third kappa shape index (κ3) is 5.30. The maximum absolute atomic E-state index is 13.0. The first-order chi connectivity index (χ1) is 15.5. The van der Waals surface area contributed by atoms with Crippen LogP contribution in [0.5, 0.6) is 11.8 Å². The van der Waals surface area contributed by atoms with Crippen LogP contribution >= 0.6 is 0 Å². The summed E-state index contributed by atoms with van der Waals surface area (Å²) in [6.07, 6.45) is 6.95. The molecule has 0 radical (unpaired) electrons. The van der Waals surface area contributed by atoms with E-state index in [0.717, 1.165) is 25.7 Å². The van der Waals surface area contributed by atoms with Gasteiger partial charge in [0.05, 0.1) is 4.90 Å². The normalized spacial score (nSPS) is 15.0. The van der Waals surface area contributed by atoms with E-state index in [1.807, 2.05) is 0 Å². The molecule has 4 rings (SSSR count). The van der Waals surface area contributed by atoms with E-state index in [2.05, 4.69) is 15.3 Å². The van der Waals surface area contributed by atoms with E-state index in [1.54, 1.807) is 54.9 Å². The maximum Gasteiger partial charge on any atom is 0.321 e. The van der Waals surface area contributed by atoms with E-state index < -0.39 is 15.9 Å². The number of hydrogen-bond donors (Lipinski definition) is 1. The van der Waals surface area contributed by atoms with Crippen LogP contribution in [0.15, 0.2) is 71.9 Å². The molecule has 0 unspecified atom stereocenters. The van der Waals surface area contributed by atoms with Crippen LogP contribution in [-0.4, -0.2) is 41.7 Å². The first-order valence-electron chi connectivity index (χ1n) is 10.5. The summed E-state index contributed by atoms with van der Waals surface area (Å²) in [5, 5.41) is 2.78. The monoisotopic (exact) mass is 452 g/mol. The van der Waals surface area contributed by atoms with Crippen LogP contribution in [-0.2, 0) is 10.0 Å². The zero-order valence-corrected chi connectivity index (χ0v) is 18.3. The minimum Gasteiger partial charge on any atom is -0.424 e. The highest BCUT2D eigenvalue weighted by Gasteiger charge is 2.25. The molecule has 0 aliphatic carbocycles. The van der Waals surface area contributed by atoms with Gasteiger partial charge in [-0.1, -0.05) is 18.9 Å². The first kappa shape index (κ1) is 21.9. The van der Waals surface area contributed by atoms with Crippen molar-refractivity contribution in [1.29, 1.82) is 0 Å². The predicted octanol–water partition coefficient (Wildman–Crippen LogP) is 4.09. The predicted molar refractivity (Wildman–Crippen MR) is 120 cm³/mol. The molecule has 1 aliphatic rings. The van der Waals surface area contributed by atoms with Gasteiger partial charge >= 0.3 is 6.01 Å². The van der Waals surface area contributed by atoms with Gasteiger partial charge in [0.2, 0.25) is 10.0 Å². The SMILES string of the molecule is O=C(Nc1ccc(Oc2ncccn2)cc1)c1cccc(S(=O)(=O)N2CCCCCC2)c1. The largest absolute Gasteiger partial charge is 0.424 e. The second-order valence-electron chi connectivity index (χ2n) is 7.46. The molecule has 0 atom stereocenters. The van der Waals surface area contributed by atoms with Crippen LogP contribution in [0.1, 0.15) is 36.0 Å². The van der Waals surface area contributed by atoms with Crippen molar-refractivity contribution in [3.63, 3.8) is 0 Å². The number of aromatic nitrogens is 2. The topological polar surface area (TPSA) is 101 Å². The van der Waals surface area contributed by atoms with Gasteiger partial charge in [-0.2, -0.15) is 4.31 Å². The molecule has 2 aromatic carbocycles. The quantitative estimate of drug-likeness (QED) is 0.605. The first-order valence-corrected chi connectivity index (χ1v) is 11.9. The Morgan fingerprint density at radius 3 is 2.28 bits per heavy atom. The van der Waals surface area contributed by atoms with Crippen molar-refractivity contribution in [2.24, 2.45) is 0 Å². The minimum atomic E-state index is -3.62. The molecule has 0 bridgehead atoms. The van der Waals surface area contributed by atoms with Crippen LogP contribution < -0.4 is 10.1 Å². The van der Waals surface area contributed by atoms with Crippen molar-refractivity contribution >= 4 is 21.6 Å². The summed E-state index contributed by atoms with van der Waals surface area (Å²) in [7, 11) is -3.62. The number of nitrogens with zero attached hydrogens (tertiary/aromatic N) is 3. The van der Waals surface area contributed by atoms with Crippen LogP contribution in [0.3, 0.4) is 0 Å². The number of carbonyl (C=O) groups excluding carboxylic acids is 1. The molecule has 3 aromatic rings. The summed E-state index contributed by atoms with van der Waals surface area (Å²) in [4.78, 5) is 20.9. The maximum atomic E-state index is 13.0. The summed E-state index contributed by atoms with van der Waals surface area (Å²) in [5.41, 5.74) is 0.830. The average molecular weight is 453 g/mol. The molecule has 2 heterocycles. The molecule has 1 aromatic heterocycles. The summed E-state index contributed by atoms with van der Waals surface area (Å²) in [6.45, 7) is 1.03. The molecule has 166 valence electrons. The molecule has 1 fully saturated rings. The number of hydrogen-bond acceptors (Lipinski definition) is 6. The lowest BCUT2D eigenvalue weighted by molar-refractivity contribution is 0.102. The Bertz CT molecular complexity index is 1160. The van der Waals surface area contributed by atoms with Crippen molar-refractivity contribution in [2.75, 3.05) is 18.4 Å². The Morgan fingerprint density at radius 2 is 1.59 bits per heavy atom. The van der Waals surface area contributed by atoms with Gasteiger partial charge in [0.1, 0.15) is 5.75 Å². The molecule has 32 heavy (non-hydrogen) atoms. The molecule has 9 heteroatoms. The van der Waals surface area contributed by atoms with Gasteiger partial charge in [-0.25, -0.2) is 18.4 Å². The summed E-state index contributed by atoms with van der Waals surface area (Å²) < 4.78 is 33.1. The van der Waals surface area contributed by atoms with Gasteiger partial charge in [0.15, 0.2) is 0 Å². The number of ether oxygens (including phenoxy) is 1. The van der Waals surface area contributed by atoms with Gasteiger partial charge in [0, 0.05) is 36.7 Å². The van der Waals surface area contributed by atoms with Crippen LogP contribution in [0, 0.1) is 0 Å². The summed E-state index contributed by atoms with van der Waals surface area (Å²) in [5.74, 6) is 0.137. The van der Waals surface area contributed by atoms with Gasteiger partial charge in [-0.15, -0.1) is 0 Å². The fraction of sp³-hybridized carbons (Fsp3) is 0.261. The van der Waals surface area contributed by atoms with Gasteiger partial charge < -0.3 is 10.1 Å². The number of nitrogens with one attached hydrogen (secondary N) is 1. The van der Waals surface area contributed by atoms with E-state index in [4.69, 9.17) is 4.74 Å². The third-order valence-corrected chi connectivity index (χ3v) is 7.06. The van der Waals surface area contributed by atoms with Crippen LogP contribution in [0.2, 0.25) is 0 Å². The summed E-state index contributed by atoms with van der Waals surface area (Å²) >= 11 is 0. The number of carbonyl (C=O) groups is 1. The van der Waals surface area contributed by atoms with Crippen molar-refractivity contribution in [3.8, 4) is 11.8 Å². The Morgan fingerprint density at radius 1 is 0.906 bits per heavy atom. The number of benzene rings is 2. The van der Waals surface area contributed by atoms with Crippen LogP contribution in [0.25, 0.3) is 0 Å². The van der Waals surface area contributed by atoms with Crippen molar-refractivity contribution in [2.45, 2.75) is 30.6 Å². The second-order valence-corrected chi connectivity index (χ2v) is 9.40. The zero-order chi connectivity index (χ0) is 22.4. The van der Waals surface area contributed by atoms with E-state index in [1.165, 1.54) is 16.4 Å². The van der Waals surface area contributed by atoms with Crippen molar-refractivity contribution in [3.05, 3.63) is 72.6 Å². The van der Waals surface area contributed by atoms with E-state index in [0.29, 0.717) is 24.5 Å². The lowest BCUT2D eigenvalue weighted by Crippen LogP contribution is -2.32. The Labute approximate surface area is 187 Å². The van der Waals surface area contributed by atoms with E-state index in [9.17, 15) is 13.2 Å². The molecular weight excluding hydrogens is 428 g/mol. The molecule has 1 saturated heterocycles. The zero-order valence-electron chi connectivity index (χ0n) is 17.5. The highest BCUT2D eigenvalue weighted by Crippen LogP contribution is 2.23. The summed E-state index contributed by atoms with van der Waals surface area (Å²) in [6, 6.07) is 14.8. The second kappa shape index (κ2) is 9.88. The molecule has 1 amide bonds. The fourth-order valence-corrected chi connectivity index (χ4v) is 5.05. The highest BCUT2D eigenvalue weighted by atomic mass is 32.2. The smallest absolute Gasteiger partial charge is 0.321 e. The third-order valence-electron chi connectivity index (χ3n) is 5.16. The van der Waals surface area contributed by atoms with Gasteiger partial charge in [0.25, 0.3) is 5.91 Å². The highest BCUT2D eigenvalue weighted by molar-refractivity contribution is 7.89. The fourth-order valence-electron chi connectivity index (χ4n) is 3.48. The van der Waals surface area contributed by atoms with Crippen LogP contribution in [0.4, 0.5) is 5.69 Å². The molecule has 0 saturated carbocycles. The number of anilines is 1. The number of amides is 1. The average Bonchev–Trinajstić information content (AvgIpc) is 3.11. The molecule has 8 nitrogen and oxygen atoms in total. The van der Waals surface area contributed by atoms with Gasteiger partial charge in [-0.3, -0.25) is 4.79 Å². The molecule has 0 spiro atoms. The Kier molecular flexibility index (Phi) is 6.77. The standard InChI is InChI=1S/C23H24N4O4S/c28-22(26-19-9-11-20(12-10-19)31-23-24-13-6-14-25-23)18-7-5-8-21(17-18)32(29,30)27-15-3-1-2-4-16-27/h5-14,17H,1-4,15-16H2,(H,26,28). The van der Waals surface area contributed by atoms with Crippen molar-refractivity contribution < 1.29 is 17.9 Å². The molecule has 1 aliphatic heterocycles. The number of sulfonamides is 1. The van der Waals surface area contributed by atoms with E-state index >= 15 is 0 Å². The Hall–Kier alpha value is -3.30.